The first-order chi connectivity index (χ1) is 10.2. The second kappa shape index (κ2) is 6.30. The van der Waals surface area contributed by atoms with E-state index in [1.165, 1.54) is 18.7 Å². The van der Waals surface area contributed by atoms with Gasteiger partial charge in [0.05, 0.1) is 6.54 Å². The predicted octanol–water partition coefficient (Wildman–Crippen LogP) is 1.78. The molecule has 1 saturated heterocycles. The van der Waals surface area contributed by atoms with E-state index in [-0.39, 0.29) is 0 Å². The minimum atomic E-state index is -2.53. The van der Waals surface area contributed by atoms with E-state index in [0.29, 0.717) is 18.3 Å². The lowest BCUT2D eigenvalue weighted by Gasteiger charge is -2.32. The lowest BCUT2D eigenvalue weighted by molar-refractivity contribution is 0.0614. The van der Waals surface area contributed by atoms with Gasteiger partial charge in [0.15, 0.2) is 0 Å². The molecule has 0 spiro atoms. The fourth-order valence-electron chi connectivity index (χ4n) is 2.88. The molecule has 3 rings (SSSR count). The summed E-state index contributed by atoms with van der Waals surface area (Å²) in [7, 11) is 0. The molecule has 2 aromatic heterocycles. The molecule has 0 amide bonds. The molecule has 0 saturated carbocycles. The number of nitrogens with zero attached hydrogens (tertiary/aromatic N) is 6. The first kappa shape index (κ1) is 14.1. The highest BCUT2D eigenvalue weighted by molar-refractivity contribution is 4.93. The van der Waals surface area contributed by atoms with Crippen molar-refractivity contribution in [2.75, 3.05) is 13.1 Å². The monoisotopic (exact) mass is 296 g/mol. The van der Waals surface area contributed by atoms with E-state index in [9.17, 15) is 8.78 Å². The molecule has 8 heteroatoms. The largest absolute Gasteiger partial charge is 0.319 e. The average Bonchev–Trinajstić information content (AvgIpc) is 3.10. The Morgan fingerprint density at radius 1 is 1.38 bits per heavy atom. The Balaban J connectivity index is 1.59. The number of aromatic nitrogens is 5. The Morgan fingerprint density at radius 2 is 2.29 bits per heavy atom. The van der Waals surface area contributed by atoms with Crippen LogP contribution in [-0.2, 0) is 13.1 Å². The quantitative estimate of drug-likeness (QED) is 0.844. The maximum absolute atomic E-state index is 12.8. The lowest BCUT2D eigenvalue weighted by Crippen LogP contribution is -2.37. The third kappa shape index (κ3) is 3.44. The van der Waals surface area contributed by atoms with Gasteiger partial charge in [0.25, 0.3) is 0 Å². The minimum Gasteiger partial charge on any atom is -0.296 e. The van der Waals surface area contributed by atoms with Crippen molar-refractivity contribution in [3.8, 4) is 0 Å². The molecule has 0 bridgehead atoms. The van der Waals surface area contributed by atoms with Gasteiger partial charge in [-0.3, -0.25) is 14.1 Å². The van der Waals surface area contributed by atoms with Crippen molar-refractivity contribution in [1.29, 1.82) is 0 Å². The summed E-state index contributed by atoms with van der Waals surface area (Å²) >= 11 is 0. The summed E-state index contributed by atoms with van der Waals surface area (Å²) in [6.07, 6.45) is 8.19. The maximum atomic E-state index is 12.8. The van der Waals surface area contributed by atoms with E-state index >= 15 is 0 Å². The zero-order chi connectivity index (χ0) is 14.7. The number of likely N-dealkylation sites (tertiary alicyclic amines) is 1. The zero-order valence-electron chi connectivity index (χ0n) is 11.6. The average molecular weight is 296 g/mol. The number of alkyl halides is 2. The molecule has 6 nitrogen and oxygen atoms in total. The minimum absolute atomic E-state index is 0.423. The number of rotatable bonds is 5. The molecule has 1 atom stereocenters. The molecule has 3 heterocycles. The van der Waals surface area contributed by atoms with Gasteiger partial charge < -0.3 is 0 Å². The highest BCUT2D eigenvalue weighted by Crippen LogP contribution is 2.21. The summed E-state index contributed by atoms with van der Waals surface area (Å²) in [6.45, 7) is 0.545. The van der Waals surface area contributed by atoms with E-state index in [1.54, 1.807) is 6.33 Å². The Hall–Kier alpha value is -1.83. The van der Waals surface area contributed by atoms with Crippen LogP contribution in [0, 0.1) is 5.92 Å². The fraction of sp³-hybridized carbons (Fsp3) is 0.615. The molecular weight excluding hydrogens is 278 g/mol. The summed E-state index contributed by atoms with van der Waals surface area (Å²) in [4.78, 5) is 10.2. The van der Waals surface area contributed by atoms with E-state index in [2.05, 4.69) is 20.0 Å². The van der Waals surface area contributed by atoms with Crippen molar-refractivity contribution >= 4 is 0 Å². The van der Waals surface area contributed by atoms with Gasteiger partial charge in [-0.25, -0.2) is 9.97 Å². The predicted molar refractivity (Wildman–Crippen MR) is 71.5 cm³/mol. The van der Waals surface area contributed by atoms with Crippen LogP contribution >= 0.6 is 0 Å². The highest BCUT2D eigenvalue weighted by Gasteiger charge is 2.22. The van der Waals surface area contributed by atoms with Gasteiger partial charge in [-0.2, -0.15) is 13.9 Å². The zero-order valence-corrected chi connectivity index (χ0v) is 11.6. The van der Waals surface area contributed by atoms with E-state index < -0.39 is 6.55 Å². The van der Waals surface area contributed by atoms with Gasteiger partial charge in [0.1, 0.15) is 18.5 Å². The van der Waals surface area contributed by atoms with Crippen molar-refractivity contribution in [1.82, 2.24) is 29.2 Å². The van der Waals surface area contributed by atoms with Crippen molar-refractivity contribution < 1.29 is 8.78 Å². The number of hydrogen-bond acceptors (Lipinski definition) is 4. The summed E-state index contributed by atoms with van der Waals surface area (Å²) in [5.74, 6) is 0.891. The summed E-state index contributed by atoms with van der Waals surface area (Å²) in [6, 6.07) is 0. The van der Waals surface area contributed by atoms with Crippen LogP contribution in [0.3, 0.4) is 0 Å². The number of imidazole rings is 1. The second-order valence-electron chi connectivity index (χ2n) is 5.39. The lowest BCUT2D eigenvalue weighted by atomic mass is 9.98. The molecule has 0 radical (unpaired) electrons. The molecule has 2 aromatic rings. The van der Waals surface area contributed by atoms with Crippen LogP contribution < -0.4 is 0 Å². The highest BCUT2D eigenvalue weighted by atomic mass is 19.3. The number of halogens is 2. The maximum Gasteiger partial charge on any atom is 0.319 e. The van der Waals surface area contributed by atoms with Crippen LogP contribution in [-0.4, -0.2) is 42.3 Å². The molecule has 1 unspecified atom stereocenters. The SMILES string of the molecule is FC(F)n1ccnc1CN1CCCC(Cn2cncn2)C1. The Labute approximate surface area is 121 Å². The van der Waals surface area contributed by atoms with Crippen LogP contribution in [0.2, 0.25) is 0 Å². The Kier molecular flexibility index (Phi) is 4.23. The smallest absolute Gasteiger partial charge is 0.296 e. The van der Waals surface area contributed by atoms with Gasteiger partial charge in [0, 0.05) is 25.5 Å². The topological polar surface area (TPSA) is 51.8 Å². The van der Waals surface area contributed by atoms with E-state index in [0.717, 1.165) is 37.0 Å². The van der Waals surface area contributed by atoms with Gasteiger partial charge in [-0.15, -0.1) is 0 Å². The molecule has 1 aliphatic rings. The first-order valence-electron chi connectivity index (χ1n) is 7.07. The second-order valence-corrected chi connectivity index (χ2v) is 5.39. The number of hydrogen-bond donors (Lipinski definition) is 0. The van der Waals surface area contributed by atoms with Crippen molar-refractivity contribution in [2.45, 2.75) is 32.5 Å². The molecule has 1 fully saturated rings. The van der Waals surface area contributed by atoms with Crippen LogP contribution in [0.15, 0.2) is 25.0 Å². The molecule has 0 aromatic carbocycles. The summed E-state index contributed by atoms with van der Waals surface area (Å²) in [5.41, 5.74) is 0. The fourth-order valence-corrected chi connectivity index (χ4v) is 2.88. The van der Waals surface area contributed by atoms with Crippen LogP contribution in [0.25, 0.3) is 0 Å². The standard InChI is InChI=1S/C13H18F2N6/c14-13(15)21-5-3-17-12(21)8-19-4-1-2-11(6-19)7-20-10-16-9-18-20/h3,5,9-11,13H,1-2,4,6-8H2. The Morgan fingerprint density at radius 3 is 3.05 bits per heavy atom. The number of piperidine rings is 1. The van der Waals surface area contributed by atoms with E-state index in [1.807, 2.05) is 4.68 Å². The first-order valence-corrected chi connectivity index (χ1v) is 7.07. The molecule has 114 valence electrons. The molecule has 0 N–H and O–H groups in total. The van der Waals surface area contributed by atoms with Crippen LogP contribution in [0.5, 0.6) is 0 Å². The molecule has 0 aliphatic carbocycles. The van der Waals surface area contributed by atoms with Crippen molar-refractivity contribution in [2.24, 2.45) is 5.92 Å². The van der Waals surface area contributed by atoms with Crippen molar-refractivity contribution in [3.63, 3.8) is 0 Å². The summed E-state index contributed by atoms with van der Waals surface area (Å²) in [5, 5.41) is 4.12. The van der Waals surface area contributed by atoms with Gasteiger partial charge >= 0.3 is 6.55 Å². The molecule has 21 heavy (non-hydrogen) atoms. The molecule has 1 aliphatic heterocycles. The third-order valence-corrected chi connectivity index (χ3v) is 3.84. The Bertz CT molecular complexity index is 553. The van der Waals surface area contributed by atoms with Crippen LogP contribution in [0.1, 0.15) is 25.2 Å². The van der Waals surface area contributed by atoms with Gasteiger partial charge in [0.2, 0.25) is 0 Å². The van der Waals surface area contributed by atoms with Crippen LogP contribution in [0.4, 0.5) is 8.78 Å². The van der Waals surface area contributed by atoms with Gasteiger partial charge in [-0.05, 0) is 25.3 Å². The molecular formula is C13H18F2N6. The van der Waals surface area contributed by atoms with Gasteiger partial charge in [-0.1, -0.05) is 0 Å². The van der Waals surface area contributed by atoms with Crippen molar-refractivity contribution in [3.05, 3.63) is 30.9 Å². The summed E-state index contributed by atoms with van der Waals surface area (Å²) < 4.78 is 28.4. The third-order valence-electron chi connectivity index (χ3n) is 3.84. The normalized spacial score (nSPS) is 20.2. The van der Waals surface area contributed by atoms with E-state index in [4.69, 9.17) is 0 Å².